The van der Waals surface area contributed by atoms with Crippen molar-refractivity contribution in [3.63, 3.8) is 0 Å². The van der Waals surface area contributed by atoms with Crippen LogP contribution in [0.15, 0.2) is 85.5 Å². The third-order valence-corrected chi connectivity index (χ3v) is 7.09. The quantitative estimate of drug-likeness (QED) is 0.247. The first-order valence-corrected chi connectivity index (χ1v) is 12.7. The van der Waals surface area contributed by atoms with Gasteiger partial charge < -0.3 is 10.3 Å². The highest BCUT2D eigenvalue weighted by molar-refractivity contribution is 7.13. The van der Waals surface area contributed by atoms with E-state index in [0.717, 1.165) is 33.4 Å². The molecule has 7 aromatic rings. The molecule has 9 nitrogen and oxygen atoms in total. The van der Waals surface area contributed by atoms with Gasteiger partial charge in [-0.2, -0.15) is 9.49 Å². The molecule has 0 saturated carbocycles. The summed E-state index contributed by atoms with van der Waals surface area (Å²) in [7, 11) is 0. The number of benzene rings is 1. The topological polar surface area (TPSA) is 125 Å². The monoisotopic (exact) mass is 532 g/mol. The van der Waals surface area contributed by atoms with Crippen molar-refractivity contribution < 1.29 is 9.18 Å². The predicted molar refractivity (Wildman–Crippen MR) is 148 cm³/mol. The minimum absolute atomic E-state index is 0.218. The van der Waals surface area contributed by atoms with Crippen LogP contribution in [-0.4, -0.2) is 41.0 Å². The molecule has 1 aromatic carbocycles. The highest BCUT2D eigenvalue weighted by Gasteiger charge is 2.18. The molecule has 0 aliphatic rings. The fourth-order valence-corrected chi connectivity index (χ4v) is 5.10. The fraction of sp³-hybridized carbons (Fsp3) is 0. The number of rotatable bonds is 5. The SMILES string of the molecule is O=C(Nc1cncc(-c2cnc3[nH]nc(-c4nc5c(-c6ccc(F)s6)nccc5[nH]4)c3c2)c1)c1ccccc1. The van der Waals surface area contributed by atoms with Crippen LogP contribution in [0.4, 0.5) is 10.1 Å². The molecule has 6 aromatic heterocycles. The molecule has 188 valence electrons. The van der Waals surface area contributed by atoms with Gasteiger partial charge >= 0.3 is 0 Å². The molecule has 0 spiro atoms. The zero-order valence-electron chi connectivity index (χ0n) is 20.0. The van der Waals surface area contributed by atoms with Crippen molar-refractivity contribution in [2.75, 3.05) is 5.32 Å². The summed E-state index contributed by atoms with van der Waals surface area (Å²) in [6.45, 7) is 0. The normalized spacial score (nSPS) is 11.3. The van der Waals surface area contributed by atoms with Crippen LogP contribution >= 0.6 is 11.3 Å². The number of H-pyrrole nitrogens is 2. The molecular formula is C28H17FN8OS. The molecule has 0 aliphatic carbocycles. The van der Waals surface area contributed by atoms with Crippen LogP contribution in [0, 0.1) is 5.13 Å². The second kappa shape index (κ2) is 9.23. The van der Waals surface area contributed by atoms with Gasteiger partial charge in [-0.15, -0.1) is 11.3 Å². The zero-order chi connectivity index (χ0) is 26.3. The van der Waals surface area contributed by atoms with E-state index in [1.807, 2.05) is 36.4 Å². The Bertz CT molecular complexity index is 2000. The van der Waals surface area contributed by atoms with E-state index >= 15 is 0 Å². The van der Waals surface area contributed by atoms with E-state index in [1.54, 1.807) is 43.0 Å². The maximum Gasteiger partial charge on any atom is 0.255 e. The van der Waals surface area contributed by atoms with Gasteiger partial charge in [-0.3, -0.25) is 19.9 Å². The maximum atomic E-state index is 13.7. The number of carbonyl (C=O) groups is 1. The Kier molecular flexibility index (Phi) is 5.41. The maximum absolute atomic E-state index is 13.7. The number of nitrogens with one attached hydrogen (secondary N) is 3. The molecule has 0 bridgehead atoms. The van der Waals surface area contributed by atoms with Crippen molar-refractivity contribution in [2.45, 2.75) is 0 Å². The number of nitrogens with zero attached hydrogens (tertiary/aromatic N) is 5. The van der Waals surface area contributed by atoms with E-state index in [9.17, 15) is 9.18 Å². The summed E-state index contributed by atoms with van der Waals surface area (Å²) in [5.41, 5.74) is 5.85. The summed E-state index contributed by atoms with van der Waals surface area (Å²) in [6.07, 6.45) is 6.69. The molecule has 7 rings (SSSR count). The second-order valence-corrected chi connectivity index (χ2v) is 9.75. The smallest absolute Gasteiger partial charge is 0.255 e. The number of fused-ring (bicyclic) bond motifs is 2. The van der Waals surface area contributed by atoms with E-state index in [1.165, 1.54) is 6.07 Å². The van der Waals surface area contributed by atoms with Crippen molar-refractivity contribution >= 4 is 45.0 Å². The molecule has 0 radical (unpaired) electrons. The number of hydrogen-bond acceptors (Lipinski definition) is 7. The molecule has 3 N–H and O–H groups in total. The van der Waals surface area contributed by atoms with E-state index < -0.39 is 0 Å². The Morgan fingerprint density at radius 1 is 0.923 bits per heavy atom. The molecule has 6 heterocycles. The van der Waals surface area contributed by atoms with Crippen molar-refractivity contribution in [2.24, 2.45) is 0 Å². The van der Waals surface area contributed by atoms with E-state index in [0.29, 0.717) is 44.5 Å². The van der Waals surface area contributed by atoms with Gasteiger partial charge in [0.2, 0.25) is 0 Å². The molecule has 0 unspecified atom stereocenters. The molecule has 1 amide bonds. The van der Waals surface area contributed by atoms with Gasteiger partial charge in [0.1, 0.15) is 16.9 Å². The van der Waals surface area contributed by atoms with Crippen LogP contribution < -0.4 is 5.32 Å². The van der Waals surface area contributed by atoms with Gasteiger partial charge in [-0.25, -0.2) is 9.97 Å². The number of aromatic nitrogens is 7. The highest BCUT2D eigenvalue weighted by atomic mass is 32.1. The van der Waals surface area contributed by atoms with Gasteiger partial charge in [0, 0.05) is 35.3 Å². The van der Waals surface area contributed by atoms with E-state index in [-0.39, 0.29) is 11.0 Å². The number of amides is 1. The number of thiophene rings is 1. The van der Waals surface area contributed by atoms with Gasteiger partial charge in [-0.1, -0.05) is 18.2 Å². The Morgan fingerprint density at radius 3 is 2.64 bits per heavy atom. The summed E-state index contributed by atoms with van der Waals surface area (Å²) in [4.78, 5) is 34.6. The summed E-state index contributed by atoms with van der Waals surface area (Å²) < 4.78 is 13.7. The molecule has 0 atom stereocenters. The Labute approximate surface area is 223 Å². The number of imidazole rings is 1. The van der Waals surface area contributed by atoms with E-state index in [2.05, 4.69) is 35.5 Å². The standard InChI is InChI=1S/C28H17FN8OS/c29-22-7-6-21(39-22)25-24-20(8-9-31-25)34-27(35-24)23-19-11-17(13-32-26(19)37-36-23)16-10-18(14-30-12-16)33-28(38)15-4-2-1-3-5-15/h1-14H,(H,33,38)(H,34,35)(H,32,36,37). The average molecular weight is 533 g/mol. The molecule has 0 aliphatic heterocycles. The lowest BCUT2D eigenvalue weighted by molar-refractivity contribution is 0.102. The van der Waals surface area contributed by atoms with Crippen LogP contribution in [0.1, 0.15) is 10.4 Å². The Morgan fingerprint density at radius 2 is 1.79 bits per heavy atom. The average Bonchev–Trinajstić information content (AvgIpc) is 3.71. The first kappa shape index (κ1) is 22.9. The largest absolute Gasteiger partial charge is 0.336 e. The summed E-state index contributed by atoms with van der Waals surface area (Å²) in [6, 6.07) is 17.7. The van der Waals surface area contributed by atoms with Crippen LogP contribution in [0.5, 0.6) is 0 Å². The van der Waals surface area contributed by atoms with Crippen LogP contribution in [-0.2, 0) is 0 Å². The summed E-state index contributed by atoms with van der Waals surface area (Å²) in [5.74, 6) is 0.313. The third-order valence-electron chi connectivity index (χ3n) is 6.21. The number of aromatic amines is 2. The number of pyridine rings is 3. The summed E-state index contributed by atoms with van der Waals surface area (Å²) in [5, 5.41) is 10.8. The minimum Gasteiger partial charge on any atom is -0.336 e. The summed E-state index contributed by atoms with van der Waals surface area (Å²) >= 11 is 1.02. The zero-order valence-corrected chi connectivity index (χ0v) is 20.8. The third kappa shape index (κ3) is 4.20. The highest BCUT2D eigenvalue weighted by Crippen LogP contribution is 2.34. The first-order chi connectivity index (χ1) is 19.1. The predicted octanol–water partition coefficient (Wildman–Crippen LogP) is 6.08. The van der Waals surface area contributed by atoms with Gasteiger partial charge in [0.15, 0.2) is 16.6 Å². The van der Waals surface area contributed by atoms with Crippen LogP contribution in [0.3, 0.4) is 0 Å². The van der Waals surface area contributed by atoms with Crippen molar-refractivity contribution in [1.29, 1.82) is 0 Å². The lowest BCUT2D eigenvalue weighted by Crippen LogP contribution is -2.11. The molecule has 0 saturated heterocycles. The molecule has 11 heteroatoms. The fourth-order valence-electron chi connectivity index (χ4n) is 4.37. The lowest BCUT2D eigenvalue weighted by atomic mass is 10.1. The van der Waals surface area contributed by atoms with Crippen LogP contribution in [0.25, 0.3) is 55.3 Å². The number of hydrogen-bond donors (Lipinski definition) is 3. The Balaban J connectivity index is 1.25. The van der Waals surface area contributed by atoms with Crippen LogP contribution in [0.2, 0.25) is 0 Å². The van der Waals surface area contributed by atoms with Crippen molar-refractivity contribution in [3.05, 3.63) is 96.1 Å². The molecular weight excluding hydrogens is 515 g/mol. The van der Waals surface area contributed by atoms with E-state index in [4.69, 9.17) is 4.98 Å². The van der Waals surface area contributed by atoms with Crippen molar-refractivity contribution in [1.82, 2.24) is 35.1 Å². The lowest BCUT2D eigenvalue weighted by Gasteiger charge is -2.07. The number of halogens is 1. The molecule has 0 fully saturated rings. The Hall–Kier alpha value is -5.29. The second-order valence-electron chi connectivity index (χ2n) is 8.72. The van der Waals surface area contributed by atoms with Crippen molar-refractivity contribution in [3.8, 4) is 33.2 Å². The first-order valence-electron chi connectivity index (χ1n) is 11.9. The number of carbonyl (C=O) groups excluding carboxylic acids is 1. The number of anilines is 1. The minimum atomic E-state index is -0.283. The molecule has 39 heavy (non-hydrogen) atoms. The van der Waals surface area contributed by atoms with Gasteiger partial charge in [-0.05, 0) is 42.5 Å². The van der Waals surface area contributed by atoms with Gasteiger partial charge in [0.05, 0.1) is 27.7 Å². The van der Waals surface area contributed by atoms with Gasteiger partial charge in [0.25, 0.3) is 5.91 Å².